The number of rotatable bonds is 28. The Labute approximate surface area is 492 Å². The van der Waals surface area contributed by atoms with Gasteiger partial charge in [-0.2, -0.15) is 0 Å². The van der Waals surface area contributed by atoms with Crippen LogP contribution in [-0.2, 0) is 101 Å². The molecule has 2 aliphatic heterocycles. The third-order valence-corrected chi connectivity index (χ3v) is 13.5. The summed E-state index contributed by atoms with van der Waals surface area (Å²) in [6, 6.07) is 53.9. The number of carbonyl (C=O) groups excluding carboxylic acids is 2. The standard InChI is InChI=1S/C66H78N2O16/c1-65(2,3)83-61(69)52(67-64(70)84-66(4,5)6)43-79-62-55(68(71)72)58(56(75-39-48-29-17-9-18-30-48)53(80-62)44-73-37-46-25-13-7-14-26-46)82-63-60(78-42-51-35-23-12-24-36-51)59(77-41-50-33-21-11-22-34-50)57(76-40-49-31-19-10-20-32-49)54(81-63)45-74-38-47-27-15-8-16-28-47/h7-36,52-60,62-63H,37-45H2,1-6H3,(H,67,70)/t52-,53+,54+,55+,56-,57-,58+,59-,60+,62-,63-/m0/s1. The van der Waals surface area contributed by atoms with E-state index in [9.17, 15) is 19.7 Å². The monoisotopic (exact) mass is 1150 g/mol. The first kappa shape index (κ1) is 63.1. The lowest BCUT2D eigenvalue weighted by molar-refractivity contribution is -0.580. The molecule has 0 unspecified atom stereocenters. The Balaban J connectivity index is 1.22. The molecule has 0 bridgehead atoms. The van der Waals surface area contributed by atoms with E-state index in [1.165, 1.54) is 0 Å². The van der Waals surface area contributed by atoms with Gasteiger partial charge in [-0.05, 0) is 74.9 Å². The SMILES string of the molecule is CC(C)(C)OC(=O)N[C@@H](CO[C@H]1O[C@H](COCc2ccccc2)[C@H](OCc2ccccc2)[C@H](O[C@@H]2O[C@H](COCc3ccccc3)[C@H](OCc3ccccc3)[C@H](OCc3ccccc3)[C@H]2OCc2ccccc2)[C@H]1[N+](=O)[O-])C(=O)OC(C)(C)C. The average Bonchev–Trinajstić information content (AvgIpc) is 2.03. The van der Waals surface area contributed by atoms with Crippen LogP contribution in [-0.4, -0.2) is 115 Å². The van der Waals surface area contributed by atoms with Gasteiger partial charge in [0.15, 0.2) is 18.4 Å². The summed E-state index contributed by atoms with van der Waals surface area (Å²) >= 11 is 0. The highest BCUT2D eigenvalue weighted by atomic mass is 16.8. The molecule has 2 fully saturated rings. The Bertz CT molecular complexity index is 2880. The zero-order chi connectivity index (χ0) is 59.3. The van der Waals surface area contributed by atoms with Crippen LogP contribution in [0.25, 0.3) is 0 Å². The highest BCUT2D eigenvalue weighted by Crippen LogP contribution is 2.37. The van der Waals surface area contributed by atoms with Crippen LogP contribution in [0.4, 0.5) is 4.79 Å². The first-order chi connectivity index (χ1) is 40.5. The molecule has 84 heavy (non-hydrogen) atoms. The number of carbonyl (C=O) groups is 2. The molecule has 0 radical (unpaired) electrons. The smallest absolute Gasteiger partial charge is 0.408 e. The quantitative estimate of drug-likeness (QED) is 0.0276. The molecular formula is C66H78N2O16. The molecule has 2 aliphatic rings. The number of nitrogens with zero attached hydrogens (tertiary/aromatic N) is 1. The molecule has 448 valence electrons. The predicted molar refractivity (Wildman–Crippen MR) is 310 cm³/mol. The second-order valence-electron chi connectivity index (χ2n) is 22.6. The lowest BCUT2D eigenvalue weighted by atomic mass is 9.95. The molecule has 11 atom stereocenters. The molecule has 2 saturated heterocycles. The number of benzene rings is 6. The Morgan fingerprint density at radius 3 is 1.19 bits per heavy atom. The van der Waals surface area contributed by atoms with Crippen molar-refractivity contribution in [1.29, 1.82) is 0 Å². The number of alkyl carbamates (subject to hydrolysis) is 1. The van der Waals surface area contributed by atoms with Crippen molar-refractivity contribution in [2.45, 2.75) is 160 Å². The van der Waals surface area contributed by atoms with Gasteiger partial charge < -0.3 is 62.2 Å². The van der Waals surface area contributed by atoms with Crippen LogP contribution >= 0.6 is 0 Å². The van der Waals surface area contributed by atoms with E-state index in [2.05, 4.69) is 5.32 Å². The van der Waals surface area contributed by atoms with Crippen molar-refractivity contribution in [3.8, 4) is 0 Å². The Morgan fingerprint density at radius 2 is 0.810 bits per heavy atom. The predicted octanol–water partition coefficient (Wildman–Crippen LogP) is 10.5. The highest BCUT2D eigenvalue weighted by molar-refractivity contribution is 5.81. The van der Waals surface area contributed by atoms with E-state index in [0.717, 1.165) is 33.4 Å². The molecule has 18 heteroatoms. The zero-order valence-corrected chi connectivity index (χ0v) is 48.5. The van der Waals surface area contributed by atoms with Gasteiger partial charge in [-0.1, -0.05) is 182 Å². The van der Waals surface area contributed by atoms with Crippen LogP contribution in [0.2, 0.25) is 0 Å². The number of amides is 1. The van der Waals surface area contributed by atoms with Gasteiger partial charge in [0.2, 0.25) is 6.29 Å². The van der Waals surface area contributed by atoms with Crippen LogP contribution in [0.1, 0.15) is 74.9 Å². The van der Waals surface area contributed by atoms with Crippen LogP contribution in [0.3, 0.4) is 0 Å². The fourth-order valence-electron chi connectivity index (χ4n) is 9.57. The van der Waals surface area contributed by atoms with Crippen molar-refractivity contribution in [1.82, 2.24) is 5.32 Å². The van der Waals surface area contributed by atoms with Gasteiger partial charge in [0.25, 0.3) is 6.04 Å². The van der Waals surface area contributed by atoms with Gasteiger partial charge in [-0.15, -0.1) is 0 Å². The van der Waals surface area contributed by atoms with Crippen molar-refractivity contribution in [2.24, 2.45) is 0 Å². The van der Waals surface area contributed by atoms with Crippen molar-refractivity contribution in [3.63, 3.8) is 0 Å². The molecule has 0 aromatic heterocycles. The van der Waals surface area contributed by atoms with E-state index in [4.69, 9.17) is 56.8 Å². The molecule has 0 aliphatic carbocycles. The zero-order valence-electron chi connectivity index (χ0n) is 48.5. The second kappa shape index (κ2) is 31.3. The molecule has 6 aromatic rings. The number of hydrogen-bond acceptors (Lipinski definition) is 16. The minimum absolute atomic E-state index is 0.0337. The molecule has 6 aromatic carbocycles. The van der Waals surface area contributed by atoms with Crippen molar-refractivity contribution >= 4 is 12.1 Å². The minimum atomic E-state index is -1.92. The third-order valence-electron chi connectivity index (χ3n) is 13.5. The third kappa shape index (κ3) is 19.8. The van der Waals surface area contributed by atoms with Gasteiger partial charge in [-0.25, -0.2) is 9.59 Å². The molecule has 8 rings (SSSR count). The summed E-state index contributed by atoms with van der Waals surface area (Å²) in [4.78, 5) is 40.8. The van der Waals surface area contributed by atoms with E-state index in [0.29, 0.717) is 0 Å². The molecule has 1 amide bonds. The maximum atomic E-state index is 14.1. The lowest BCUT2D eigenvalue weighted by Crippen LogP contribution is -2.67. The topological polar surface area (TPSA) is 200 Å². The fraction of sp³-hybridized carbons (Fsp3) is 0.424. The summed E-state index contributed by atoms with van der Waals surface area (Å²) in [6.07, 6.45) is -12.2. The van der Waals surface area contributed by atoms with Crippen molar-refractivity contribution in [3.05, 3.63) is 225 Å². The van der Waals surface area contributed by atoms with Gasteiger partial charge in [0.05, 0.1) is 59.5 Å². The summed E-state index contributed by atoms with van der Waals surface area (Å²) in [5.74, 6) is -0.887. The second-order valence-corrected chi connectivity index (χ2v) is 22.6. The van der Waals surface area contributed by atoms with Gasteiger partial charge in [0.1, 0.15) is 47.8 Å². The summed E-state index contributed by atoms with van der Waals surface area (Å²) in [7, 11) is 0. The number of esters is 1. The molecule has 0 saturated carbocycles. The maximum Gasteiger partial charge on any atom is 0.408 e. The Morgan fingerprint density at radius 1 is 0.464 bits per heavy atom. The van der Waals surface area contributed by atoms with Crippen molar-refractivity contribution < 1.29 is 71.4 Å². The fourth-order valence-corrected chi connectivity index (χ4v) is 9.57. The number of hydrogen-bond donors (Lipinski definition) is 1. The molecule has 1 N–H and O–H groups in total. The summed E-state index contributed by atoms with van der Waals surface area (Å²) in [5, 5.41) is 16.7. The lowest BCUT2D eigenvalue weighted by Gasteiger charge is -2.48. The van der Waals surface area contributed by atoms with E-state index in [1.54, 1.807) is 41.5 Å². The summed E-state index contributed by atoms with van der Waals surface area (Å²) in [6.45, 7) is 9.75. The van der Waals surface area contributed by atoms with E-state index < -0.39 is 102 Å². The highest BCUT2D eigenvalue weighted by Gasteiger charge is 2.59. The average molecular weight is 1160 g/mol. The van der Waals surface area contributed by atoms with Crippen molar-refractivity contribution in [2.75, 3.05) is 19.8 Å². The Kier molecular flexibility index (Phi) is 23.5. The van der Waals surface area contributed by atoms with E-state index in [1.807, 2.05) is 182 Å². The molecular weight excluding hydrogens is 1080 g/mol. The number of ether oxygens (including phenoxy) is 12. The first-order valence-corrected chi connectivity index (χ1v) is 28.3. The molecule has 0 spiro atoms. The molecule has 18 nitrogen and oxygen atoms in total. The van der Waals surface area contributed by atoms with Gasteiger partial charge in [0, 0.05) is 4.92 Å². The molecule has 2 heterocycles. The Hall–Kier alpha value is -6.94. The summed E-state index contributed by atoms with van der Waals surface area (Å²) in [5.41, 5.74) is 3.14. The van der Waals surface area contributed by atoms with Gasteiger partial charge >= 0.3 is 12.1 Å². The van der Waals surface area contributed by atoms with E-state index >= 15 is 0 Å². The maximum absolute atomic E-state index is 14.1. The van der Waals surface area contributed by atoms with Crippen LogP contribution in [0.15, 0.2) is 182 Å². The number of nitro groups is 1. The van der Waals surface area contributed by atoms with E-state index in [-0.39, 0.29) is 52.9 Å². The largest absolute Gasteiger partial charge is 0.458 e. The van der Waals surface area contributed by atoms with Crippen LogP contribution in [0, 0.1) is 10.1 Å². The normalized spacial score (nSPS) is 23.0. The first-order valence-electron chi connectivity index (χ1n) is 28.3. The van der Waals surface area contributed by atoms with Crippen LogP contribution in [0.5, 0.6) is 0 Å². The minimum Gasteiger partial charge on any atom is -0.458 e. The van der Waals surface area contributed by atoms with Gasteiger partial charge in [-0.3, -0.25) is 10.1 Å². The number of nitrogens with one attached hydrogen (secondary N) is 1. The summed E-state index contributed by atoms with van der Waals surface area (Å²) < 4.78 is 79.3. The van der Waals surface area contributed by atoms with Crippen LogP contribution < -0.4 is 5.32 Å².